The highest BCUT2D eigenvalue weighted by Gasteiger charge is 2.19. The zero-order valence-electron chi connectivity index (χ0n) is 15.6. The number of carboxylic acids is 1. The molecule has 0 aliphatic carbocycles. The number of aryl methyl sites for hydroxylation is 1. The molecular weight excluding hydrogens is 376 g/mol. The summed E-state index contributed by atoms with van der Waals surface area (Å²) in [4.78, 5) is 28.9. The number of amides is 1. The van der Waals surface area contributed by atoms with Crippen molar-refractivity contribution >= 4 is 23.2 Å². The Balaban J connectivity index is 1.65. The maximum atomic E-state index is 12.6. The summed E-state index contributed by atoms with van der Waals surface area (Å²) in [6, 6.07) is 13.3. The minimum absolute atomic E-state index is 0.00327. The molecule has 0 saturated carbocycles. The molecule has 1 amide bonds. The van der Waals surface area contributed by atoms with E-state index in [2.05, 4.69) is 10.3 Å². The van der Waals surface area contributed by atoms with E-state index in [1.54, 1.807) is 6.92 Å². The van der Waals surface area contributed by atoms with Crippen molar-refractivity contribution in [2.75, 3.05) is 0 Å². The molecule has 0 aliphatic rings. The Hall–Kier alpha value is -2.93. The lowest BCUT2D eigenvalue weighted by atomic mass is 10.0. The number of hydrogen-bond acceptors (Lipinski definition) is 5. The number of thiophene rings is 1. The van der Waals surface area contributed by atoms with E-state index in [9.17, 15) is 9.59 Å². The van der Waals surface area contributed by atoms with Gasteiger partial charge in [-0.05, 0) is 36.8 Å². The van der Waals surface area contributed by atoms with Gasteiger partial charge in [0.2, 0.25) is 11.8 Å². The van der Waals surface area contributed by atoms with E-state index in [1.165, 1.54) is 11.3 Å². The van der Waals surface area contributed by atoms with Crippen molar-refractivity contribution in [1.29, 1.82) is 0 Å². The van der Waals surface area contributed by atoms with Gasteiger partial charge in [-0.1, -0.05) is 36.4 Å². The van der Waals surface area contributed by atoms with E-state index >= 15 is 0 Å². The summed E-state index contributed by atoms with van der Waals surface area (Å²) in [6.45, 7) is 1.79. The van der Waals surface area contributed by atoms with Gasteiger partial charge in [0.25, 0.3) is 0 Å². The molecule has 7 heteroatoms. The number of aromatic nitrogens is 1. The first kappa shape index (κ1) is 19.8. The van der Waals surface area contributed by atoms with Gasteiger partial charge in [0.15, 0.2) is 0 Å². The van der Waals surface area contributed by atoms with Crippen molar-refractivity contribution in [1.82, 2.24) is 10.3 Å². The number of nitrogens with zero attached hydrogens (tertiary/aromatic N) is 1. The number of rotatable bonds is 9. The molecule has 2 heterocycles. The molecule has 0 bridgehead atoms. The van der Waals surface area contributed by atoms with Crippen molar-refractivity contribution in [2.45, 2.75) is 38.6 Å². The second-order valence-electron chi connectivity index (χ2n) is 6.56. The lowest BCUT2D eigenvalue weighted by Gasteiger charge is -2.18. The Bertz CT molecular complexity index is 919. The lowest BCUT2D eigenvalue weighted by Crippen LogP contribution is -2.38. The van der Waals surface area contributed by atoms with Gasteiger partial charge >= 0.3 is 5.97 Å². The summed E-state index contributed by atoms with van der Waals surface area (Å²) in [5.41, 5.74) is 1.65. The van der Waals surface area contributed by atoms with E-state index in [0.29, 0.717) is 30.2 Å². The highest BCUT2D eigenvalue weighted by Crippen LogP contribution is 2.26. The number of hydrogen-bond donors (Lipinski definition) is 2. The van der Waals surface area contributed by atoms with Crippen LogP contribution < -0.4 is 5.32 Å². The molecule has 1 aromatic carbocycles. The Kier molecular flexibility index (Phi) is 6.60. The predicted octanol–water partition coefficient (Wildman–Crippen LogP) is 3.85. The maximum Gasteiger partial charge on any atom is 0.303 e. The van der Waals surface area contributed by atoms with Crippen molar-refractivity contribution in [3.05, 3.63) is 64.9 Å². The number of aliphatic carboxylic acids is 1. The molecule has 3 aromatic rings. The van der Waals surface area contributed by atoms with Crippen LogP contribution in [-0.2, 0) is 22.4 Å². The molecule has 0 spiro atoms. The first-order valence-electron chi connectivity index (χ1n) is 9.06. The van der Waals surface area contributed by atoms with E-state index in [1.807, 2.05) is 47.8 Å². The van der Waals surface area contributed by atoms with Crippen LogP contribution in [0.3, 0.4) is 0 Å². The van der Waals surface area contributed by atoms with Crippen LogP contribution in [0.2, 0.25) is 0 Å². The molecule has 2 N–H and O–H groups in total. The summed E-state index contributed by atoms with van der Waals surface area (Å²) in [5, 5.41) is 13.9. The fourth-order valence-electron chi connectivity index (χ4n) is 2.95. The van der Waals surface area contributed by atoms with Crippen LogP contribution in [0.1, 0.15) is 29.9 Å². The van der Waals surface area contributed by atoms with Crippen LogP contribution in [0.25, 0.3) is 10.8 Å². The maximum absolute atomic E-state index is 12.6. The highest BCUT2D eigenvalue weighted by molar-refractivity contribution is 7.13. The number of carbonyl (C=O) groups is 2. The lowest BCUT2D eigenvalue weighted by molar-refractivity contribution is -0.137. The third-order valence-corrected chi connectivity index (χ3v) is 5.21. The molecule has 0 aliphatic heterocycles. The molecule has 146 valence electrons. The SMILES string of the molecule is Cc1oc(-c2cccs2)nc1CC(=O)NC(CCC(=O)O)Cc1ccccc1. The molecule has 6 nitrogen and oxygen atoms in total. The van der Waals surface area contributed by atoms with Crippen LogP contribution in [0.5, 0.6) is 0 Å². The summed E-state index contributed by atoms with van der Waals surface area (Å²) in [7, 11) is 0. The largest absolute Gasteiger partial charge is 0.481 e. The number of oxazole rings is 1. The first-order valence-corrected chi connectivity index (χ1v) is 9.94. The number of carboxylic acid groups (broad SMARTS) is 1. The average molecular weight is 398 g/mol. The topological polar surface area (TPSA) is 92.4 Å². The number of nitrogens with one attached hydrogen (secondary N) is 1. The average Bonchev–Trinajstić information content (AvgIpc) is 3.31. The summed E-state index contributed by atoms with van der Waals surface area (Å²) < 4.78 is 5.68. The Morgan fingerprint density at radius 2 is 2.00 bits per heavy atom. The highest BCUT2D eigenvalue weighted by atomic mass is 32.1. The van der Waals surface area contributed by atoms with Crippen LogP contribution in [-0.4, -0.2) is 28.0 Å². The van der Waals surface area contributed by atoms with Gasteiger partial charge in [0, 0.05) is 12.5 Å². The fraction of sp³-hybridized carbons (Fsp3) is 0.286. The van der Waals surface area contributed by atoms with Gasteiger partial charge in [-0.25, -0.2) is 4.98 Å². The molecule has 28 heavy (non-hydrogen) atoms. The van der Waals surface area contributed by atoms with Gasteiger partial charge in [-0.2, -0.15) is 0 Å². The van der Waals surface area contributed by atoms with Crippen LogP contribution in [0.4, 0.5) is 0 Å². The zero-order valence-corrected chi connectivity index (χ0v) is 16.4. The molecule has 0 saturated heterocycles. The normalized spacial score (nSPS) is 11.9. The predicted molar refractivity (Wildman–Crippen MR) is 107 cm³/mol. The van der Waals surface area contributed by atoms with E-state index in [4.69, 9.17) is 9.52 Å². The van der Waals surface area contributed by atoms with Gasteiger partial charge in [0.1, 0.15) is 5.76 Å². The van der Waals surface area contributed by atoms with Crippen molar-refractivity contribution in [3.8, 4) is 10.8 Å². The van der Waals surface area contributed by atoms with Gasteiger partial charge in [-0.15, -0.1) is 11.3 Å². The van der Waals surface area contributed by atoms with E-state index in [0.717, 1.165) is 10.4 Å². The fourth-order valence-corrected chi connectivity index (χ4v) is 3.60. The standard InChI is InChI=1S/C21H22N2O4S/c1-14-17(23-21(27-14)18-8-5-11-28-18)13-19(24)22-16(9-10-20(25)26)12-15-6-3-2-4-7-15/h2-8,11,16H,9-10,12-13H2,1H3,(H,22,24)(H,25,26). The smallest absolute Gasteiger partial charge is 0.303 e. The summed E-state index contributed by atoms with van der Waals surface area (Å²) in [5.74, 6) is 0.0615. The van der Waals surface area contributed by atoms with Gasteiger partial charge in [0.05, 0.1) is 17.0 Å². The van der Waals surface area contributed by atoms with Crippen LogP contribution in [0, 0.1) is 6.92 Å². The molecule has 3 rings (SSSR count). The zero-order chi connectivity index (χ0) is 19.9. The minimum atomic E-state index is -0.875. The third kappa shape index (κ3) is 5.53. The van der Waals surface area contributed by atoms with Gasteiger partial charge < -0.3 is 14.8 Å². The second-order valence-corrected chi connectivity index (χ2v) is 7.51. The Morgan fingerprint density at radius 1 is 1.21 bits per heavy atom. The van der Waals surface area contributed by atoms with Crippen molar-refractivity contribution < 1.29 is 19.1 Å². The molecule has 2 aromatic heterocycles. The number of carbonyl (C=O) groups excluding carboxylic acids is 1. The van der Waals surface area contributed by atoms with Crippen LogP contribution >= 0.6 is 11.3 Å². The molecule has 1 atom stereocenters. The molecule has 0 fully saturated rings. The molecule has 1 unspecified atom stereocenters. The summed E-state index contributed by atoms with van der Waals surface area (Å²) in [6.07, 6.45) is 1.05. The van der Waals surface area contributed by atoms with Crippen LogP contribution in [0.15, 0.2) is 52.3 Å². The monoisotopic (exact) mass is 398 g/mol. The third-order valence-electron chi connectivity index (χ3n) is 4.35. The quantitative estimate of drug-likeness (QED) is 0.571. The Labute approximate surface area is 167 Å². The Morgan fingerprint density at radius 3 is 2.68 bits per heavy atom. The second kappa shape index (κ2) is 9.32. The molecule has 0 radical (unpaired) electrons. The van der Waals surface area contributed by atoms with Gasteiger partial charge in [-0.3, -0.25) is 9.59 Å². The summed E-state index contributed by atoms with van der Waals surface area (Å²) >= 11 is 1.53. The van der Waals surface area contributed by atoms with Crippen molar-refractivity contribution in [2.24, 2.45) is 0 Å². The van der Waals surface area contributed by atoms with Crippen molar-refractivity contribution in [3.63, 3.8) is 0 Å². The minimum Gasteiger partial charge on any atom is -0.481 e. The van der Waals surface area contributed by atoms with E-state index in [-0.39, 0.29) is 24.8 Å². The number of benzene rings is 1. The first-order chi connectivity index (χ1) is 13.5. The van der Waals surface area contributed by atoms with E-state index < -0.39 is 5.97 Å². The molecular formula is C21H22N2O4S.